The molecule has 0 spiro atoms. The van der Waals surface area contributed by atoms with Crippen LogP contribution in [0.3, 0.4) is 0 Å². The van der Waals surface area contributed by atoms with Gasteiger partial charge in [-0.25, -0.2) is 0 Å². The van der Waals surface area contributed by atoms with Gasteiger partial charge >= 0.3 is 0 Å². The zero-order chi connectivity index (χ0) is 23.3. The summed E-state index contributed by atoms with van der Waals surface area (Å²) in [7, 11) is 0. The maximum Gasteiger partial charge on any atom is 0.0159 e. The van der Waals surface area contributed by atoms with Gasteiger partial charge in [0.15, 0.2) is 0 Å². The highest BCUT2D eigenvalue weighted by Crippen LogP contribution is 2.50. The summed E-state index contributed by atoms with van der Waals surface area (Å²) in [6.07, 6.45) is 0. The SMILES string of the molecule is C/C(=C(\c1ccc(C)cc1)c1ccc2c(c1)C(C)(C)c1cc(C)ccc1-2)c1ccc(C)cc1. The minimum atomic E-state index is -0.0111. The Morgan fingerprint density at radius 2 is 0.970 bits per heavy atom. The van der Waals surface area contributed by atoms with Crippen molar-refractivity contribution >= 4 is 11.1 Å². The van der Waals surface area contributed by atoms with Gasteiger partial charge in [0.05, 0.1) is 0 Å². The molecule has 0 fully saturated rings. The molecule has 5 rings (SSSR count). The van der Waals surface area contributed by atoms with Crippen LogP contribution in [0.2, 0.25) is 0 Å². The van der Waals surface area contributed by atoms with Crippen molar-refractivity contribution in [3.8, 4) is 11.1 Å². The molecule has 0 heterocycles. The van der Waals surface area contributed by atoms with Crippen LogP contribution in [-0.2, 0) is 5.41 Å². The second kappa shape index (κ2) is 7.89. The lowest BCUT2D eigenvalue weighted by Gasteiger charge is -2.23. The summed E-state index contributed by atoms with van der Waals surface area (Å²) < 4.78 is 0. The van der Waals surface area contributed by atoms with Gasteiger partial charge in [0.25, 0.3) is 0 Å². The first kappa shape index (κ1) is 21.5. The largest absolute Gasteiger partial charge is 0.0587 e. The molecule has 0 saturated heterocycles. The highest BCUT2D eigenvalue weighted by molar-refractivity contribution is 5.99. The molecule has 4 aromatic rings. The van der Waals surface area contributed by atoms with E-state index in [1.807, 2.05) is 0 Å². The van der Waals surface area contributed by atoms with Gasteiger partial charge < -0.3 is 0 Å². The Kier molecular flexibility index (Phi) is 5.13. The fourth-order valence-corrected chi connectivity index (χ4v) is 5.27. The van der Waals surface area contributed by atoms with E-state index in [0.717, 1.165) is 0 Å². The molecule has 0 amide bonds. The minimum Gasteiger partial charge on any atom is -0.0587 e. The third-order valence-corrected chi connectivity index (χ3v) is 7.32. The second-order valence-electron chi connectivity index (χ2n) is 10.2. The molecule has 0 N–H and O–H groups in total. The van der Waals surface area contributed by atoms with Gasteiger partial charge in [0.1, 0.15) is 0 Å². The molecule has 0 unspecified atom stereocenters. The van der Waals surface area contributed by atoms with Crippen LogP contribution in [-0.4, -0.2) is 0 Å². The number of allylic oxidation sites excluding steroid dienone is 1. The molecule has 164 valence electrons. The standard InChI is InChI=1S/C33H32/c1-21-7-12-25(13-8-21)24(4)32(26-14-9-22(2)10-15-26)27-16-18-29-28-17-11-23(3)19-30(28)33(5,6)31(29)20-27/h7-20H,1-6H3/b32-24-. The van der Waals surface area contributed by atoms with E-state index < -0.39 is 0 Å². The number of benzene rings is 4. The monoisotopic (exact) mass is 428 g/mol. The molecule has 0 heteroatoms. The lowest BCUT2D eigenvalue weighted by atomic mass is 9.80. The van der Waals surface area contributed by atoms with Crippen molar-refractivity contribution in [2.75, 3.05) is 0 Å². The summed E-state index contributed by atoms with van der Waals surface area (Å²) >= 11 is 0. The van der Waals surface area contributed by atoms with E-state index in [1.165, 1.54) is 66.8 Å². The maximum absolute atomic E-state index is 2.44. The van der Waals surface area contributed by atoms with Crippen molar-refractivity contribution in [3.05, 3.63) is 129 Å². The fourth-order valence-electron chi connectivity index (χ4n) is 5.27. The van der Waals surface area contributed by atoms with Gasteiger partial charge in [-0.15, -0.1) is 0 Å². The minimum absolute atomic E-state index is 0.0111. The molecular weight excluding hydrogens is 396 g/mol. The second-order valence-corrected chi connectivity index (χ2v) is 10.2. The van der Waals surface area contributed by atoms with Crippen LogP contribution in [0.5, 0.6) is 0 Å². The topological polar surface area (TPSA) is 0 Å². The van der Waals surface area contributed by atoms with Crippen LogP contribution >= 0.6 is 0 Å². The van der Waals surface area contributed by atoms with Crippen LogP contribution in [0.1, 0.15) is 65.3 Å². The third kappa shape index (κ3) is 3.64. The van der Waals surface area contributed by atoms with Crippen LogP contribution in [0, 0.1) is 20.8 Å². The predicted octanol–water partition coefficient (Wildman–Crippen LogP) is 8.90. The zero-order valence-corrected chi connectivity index (χ0v) is 20.6. The Bertz CT molecular complexity index is 1380. The van der Waals surface area contributed by atoms with E-state index in [-0.39, 0.29) is 5.41 Å². The Labute approximate surface area is 198 Å². The quantitative estimate of drug-likeness (QED) is 0.286. The third-order valence-electron chi connectivity index (χ3n) is 7.32. The molecule has 0 bridgehead atoms. The molecule has 0 aliphatic heterocycles. The first-order valence-electron chi connectivity index (χ1n) is 11.9. The number of rotatable bonds is 3. The van der Waals surface area contributed by atoms with Gasteiger partial charge in [0, 0.05) is 5.41 Å². The molecule has 4 aromatic carbocycles. The highest BCUT2D eigenvalue weighted by Gasteiger charge is 2.35. The van der Waals surface area contributed by atoms with E-state index in [1.54, 1.807) is 0 Å². The zero-order valence-electron chi connectivity index (χ0n) is 20.6. The molecule has 1 aliphatic rings. The van der Waals surface area contributed by atoms with E-state index in [0.29, 0.717) is 0 Å². The van der Waals surface area contributed by atoms with Crippen molar-refractivity contribution < 1.29 is 0 Å². The van der Waals surface area contributed by atoms with Gasteiger partial charge in [-0.3, -0.25) is 0 Å². The normalized spacial score (nSPS) is 14.5. The van der Waals surface area contributed by atoms with E-state index in [2.05, 4.69) is 126 Å². The number of hydrogen-bond donors (Lipinski definition) is 0. The van der Waals surface area contributed by atoms with Crippen molar-refractivity contribution in [1.29, 1.82) is 0 Å². The Balaban J connectivity index is 1.73. The van der Waals surface area contributed by atoms with Crippen LogP contribution < -0.4 is 0 Å². The van der Waals surface area contributed by atoms with Crippen molar-refractivity contribution in [3.63, 3.8) is 0 Å². The number of fused-ring (bicyclic) bond motifs is 3. The summed E-state index contributed by atoms with van der Waals surface area (Å²) in [6.45, 7) is 13.5. The average Bonchev–Trinajstić information content (AvgIpc) is 3.02. The Morgan fingerprint density at radius 3 is 1.58 bits per heavy atom. The lowest BCUT2D eigenvalue weighted by molar-refractivity contribution is 0.659. The van der Waals surface area contributed by atoms with E-state index in [9.17, 15) is 0 Å². The van der Waals surface area contributed by atoms with Crippen LogP contribution in [0.15, 0.2) is 84.9 Å². The first-order valence-corrected chi connectivity index (χ1v) is 11.9. The van der Waals surface area contributed by atoms with Gasteiger partial charge in [-0.1, -0.05) is 109 Å². The molecule has 0 radical (unpaired) electrons. The number of aryl methyl sites for hydroxylation is 3. The molecule has 0 nitrogen and oxygen atoms in total. The molecule has 0 aromatic heterocycles. The van der Waals surface area contributed by atoms with E-state index in [4.69, 9.17) is 0 Å². The smallest absolute Gasteiger partial charge is 0.0159 e. The first-order chi connectivity index (χ1) is 15.8. The van der Waals surface area contributed by atoms with Gasteiger partial charge in [-0.2, -0.15) is 0 Å². The van der Waals surface area contributed by atoms with Gasteiger partial charge in [0.2, 0.25) is 0 Å². The lowest BCUT2D eigenvalue weighted by Crippen LogP contribution is -2.15. The summed E-state index contributed by atoms with van der Waals surface area (Å²) in [6, 6.07) is 31.8. The molecular formula is C33H32. The van der Waals surface area contributed by atoms with Crippen LogP contribution in [0.25, 0.3) is 22.3 Å². The molecule has 0 atom stereocenters. The van der Waals surface area contributed by atoms with Crippen molar-refractivity contribution in [2.24, 2.45) is 0 Å². The van der Waals surface area contributed by atoms with E-state index >= 15 is 0 Å². The van der Waals surface area contributed by atoms with Crippen LogP contribution in [0.4, 0.5) is 0 Å². The summed E-state index contributed by atoms with van der Waals surface area (Å²) in [5.74, 6) is 0. The summed E-state index contributed by atoms with van der Waals surface area (Å²) in [5, 5.41) is 0. The van der Waals surface area contributed by atoms with Crippen molar-refractivity contribution in [1.82, 2.24) is 0 Å². The van der Waals surface area contributed by atoms with Gasteiger partial charge in [-0.05, 0) is 83.9 Å². The molecule has 1 aliphatic carbocycles. The highest BCUT2D eigenvalue weighted by atomic mass is 14.4. The van der Waals surface area contributed by atoms with Crippen molar-refractivity contribution in [2.45, 2.75) is 47.0 Å². The molecule has 0 saturated carbocycles. The summed E-state index contributed by atoms with van der Waals surface area (Å²) in [5.41, 5.74) is 15.9. The summed E-state index contributed by atoms with van der Waals surface area (Å²) in [4.78, 5) is 0. The average molecular weight is 429 g/mol. The predicted molar refractivity (Wildman–Crippen MR) is 143 cm³/mol. The Hall–Kier alpha value is -3.38. The fraction of sp³-hybridized carbons (Fsp3) is 0.212. The Morgan fingerprint density at radius 1 is 0.515 bits per heavy atom. The molecule has 33 heavy (non-hydrogen) atoms. The maximum atomic E-state index is 2.44. The number of hydrogen-bond acceptors (Lipinski definition) is 0.